The minimum Gasteiger partial charge on any atom is -0.464 e. The summed E-state index contributed by atoms with van der Waals surface area (Å²) in [6, 6.07) is 0. The maximum atomic E-state index is 11.6. The Bertz CT molecular complexity index is 3310. The van der Waals surface area contributed by atoms with Gasteiger partial charge in [0, 0.05) is 0 Å². The summed E-state index contributed by atoms with van der Waals surface area (Å²) in [5.74, 6) is -2.26. The van der Waals surface area contributed by atoms with E-state index in [0.29, 0.717) is 46.1 Å². The monoisotopic (exact) mass is 2070 g/mol. The van der Waals surface area contributed by atoms with E-state index >= 15 is 0 Å². The van der Waals surface area contributed by atoms with Crippen LogP contribution in [0.3, 0.4) is 0 Å². The lowest BCUT2D eigenvalue weighted by atomic mass is 9.91. The molecule has 4 unspecified atom stereocenters. The summed E-state index contributed by atoms with van der Waals surface area (Å²) in [6.07, 6.45) is 20.2. The van der Waals surface area contributed by atoms with Crippen LogP contribution in [0.2, 0.25) is 0 Å². The topological polar surface area (TPSA) is 517 Å². The number of esters is 8. The second kappa shape index (κ2) is 100. The van der Waals surface area contributed by atoms with Crippen molar-refractivity contribution in [3.05, 3.63) is 0 Å². The fraction of sp³-hybridized carbons (Fsp3) is 0.846. The molecule has 8 amide bonds. The van der Waals surface area contributed by atoms with E-state index in [4.69, 9.17) is 75.8 Å². The second-order valence-corrected chi connectivity index (χ2v) is 36.8. The number of hydrogen-bond donors (Lipinski definition) is 8. The fourth-order valence-electron chi connectivity index (χ4n) is 8.86. The number of nitrogens with one attached hydrogen (secondary N) is 8. The van der Waals surface area contributed by atoms with Gasteiger partial charge in [-0.05, 0) is 173 Å². The molecule has 0 bridgehead atoms. The average Bonchev–Trinajstić information content (AvgIpc) is 0.906. The van der Waals surface area contributed by atoms with Crippen LogP contribution in [-0.4, -0.2) is 254 Å². The largest absolute Gasteiger partial charge is 0.464 e. The molecule has 0 radical (unpaired) electrons. The Morgan fingerprint density at radius 1 is 0.188 bits per heavy atom. The van der Waals surface area contributed by atoms with E-state index < -0.39 is 70.4 Å². The zero-order valence-electron chi connectivity index (χ0n) is 94.5. The van der Waals surface area contributed by atoms with Gasteiger partial charge in [-0.1, -0.05) is 202 Å². The van der Waals surface area contributed by atoms with Crippen LogP contribution < -0.4 is 42.5 Å². The molecule has 0 aliphatic carbocycles. The maximum Gasteiger partial charge on any atom is 0.407 e. The van der Waals surface area contributed by atoms with Crippen LogP contribution in [0, 0.1) is 45.3 Å². The summed E-state index contributed by atoms with van der Waals surface area (Å²) in [5.41, 5.74) is -1.89. The van der Waals surface area contributed by atoms with Crippen molar-refractivity contribution in [3.63, 3.8) is 0 Å². The highest BCUT2D eigenvalue weighted by molar-refractivity contribution is 5.78. The van der Waals surface area contributed by atoms with Crippen molar-refractivity contribution < 1.29 is 153 Å². The van der Waals surface area contributed by atoms with Gasteiger partial charge in [-0.25, -0.2) is 38.4 Å². The van der Waals surface area contributed by atoms with Crippen LogP contribution in [0.25, 0.3) is 0 Å². The van der Waals surface area contributed by atoms with Gasteiger partial charge in [-0.15, -0.1) is 0 Å². The predicted octanol–water partition coefficient (Wildman–Crippen LogP) is 19.9. The Labute approximate surface area is 864 Å². The molecule has 0 saturated carbocycles. The molecule has 0 aromatic heterocycles. The number of ether oxygens (including phenoxy) is 16. The molecule has 0 saturated heterocycles. The molecule has 0 spiro atoms. The molecule has 0 aliphatic rings. The van der Waals surface area contributed by atoms with Gasteiger partial charge in [-0.3, -0.25) is 38.4 Å². The molecule has 0 heterocycles. The number of carbonyl (C=O) groups excluding carboxylic acids is 16. The van der Waals surface area contributed by atoms with Crippen molar-refractivity contribution in [2.75, 3.05) is 145 Å². The standard InChI is InChI=1S/C15H29NO4.2C14H27NO4.2C13H25NO4.2C12H23NO4.C11H21NO4/c1-5-7-8-9-11-20-14(18)16-10-12-19-13(17)15(3,4)6-2;1-5-7-8-10-19-13(17)15-9-11-18-12(16)14(3,4)6-2;1-4-6-7-8-10-19-14(17)15-9-11-18-13(16)12(3)5-2;1-5-7-9-18-12(16)14-8-10-17-11(15)13(3,4)6-2;1-4-6-7-9-18-13(16)14-8-10-17-12(15)11(3)5-2;1-6-12(4,5)10(14)16-8-7-13-11(15)17-9(2)3;1-4-6-8-17-12(15)13-7-9-16-11(14)10(3)5-2;1-5-9(4)10(13)15-7-6-12-11(14)16-8(2)3/h5-12H2,1-4H3,(H,16,18);5-11H2,1-4H3,(H,15,17);12H,4-11H2,1-3H3,(H,15,17);5-10H2,1-4H3,(H,14,16);11H,4-10H2,1-3H3,(H,14,16);9H,6-8H2,1-5H3,(H,13,15);10H,4-9H2,1-3H3,(H,13,15);8-9H,5-7H2,1-4H3,(H,12,14). The van der Waals surface area contributed by atoms with E-state index in [9.17, 15) is 76.7 Å². The summed E-state index contributed by atoms with van der Waals surface area (Å²) in [6.45, 7) is 63.2. The van der Waals surface area contributed by atoms with Crippen molar-refractivity contribution in [3.8, 4) is 0 Å². The van der Waals surface area contributed by atoms with Crippen molar-refractivity contribution in [2.45, 2.75) is 387 Å². The number of alkyl carbamates (subject to hydrolysis) is 8. The first kappa shape index (κ1) is 149. The van der Waals surface area contributed by atoms with Crippen molar-refractivity contribution >= 4 is 96.5 Å². The third kappa shape index (κ3) is 101. The lowest BCUT2D eigenvalue weighted by Gasteiger charge is -2.20. The van der Waals surface area contributed by atoms with Crippen LogP contribution in [0.5, 0.6) is 0 Å². The Morgan fingerprint density at radius 3 is 0.500 bits per heavy atom. The molecular weight excluding hydrogens is 1870 g/mol. The summed E-state index contributed by atoms with van der Waals surface area (Å²) < 4.78 is 79.5. The van der Waals surface area contributed by atoms with Gasteiger partial charge < -0.3 is 118 Å². The zero-order valence-corrected chi connectivity index (χ0v) is 94.5. The van der Waals surface area contributed by atoms with Gasteiger partial charge >= 0.3 is 96.5 Å². The van der Waals surface area contributed by atoms with E-state index in [1.807, 2.05) is 152 Å². The molecule has 0 fully saturated rings. The number of hydrogen-bond acceptors (Lipinski definition) is 32. The Kier molecular flexibility index (Phi) is 104. The molecule has 848 valence electrons. The van der Waals surface area contributed by atoms with Crippen LogP contribution in [0.15, 0.2) is 0 Å². The molecule has 0 aliphatic heterocycles. The summed E-state index contributed by atoms with van der Waals surface area (Å²) in [7, 11) is 0. The molecule has 0 rings (SSSR count). The third-order valence-electron chi connectivity index (χ3n) is 21.3. The average molecular weight is 2070 g/mol. The zero-order chi connectivity index (χ0) is 112. The van der Waals surface area contributed by atoms with Crippen molar-refractivity contribution in [1.29, 1.82) is 0 Å². The van der Waals surface area contributed by atoms with E-state index in [1.54, 1.807) is 27.7 Å². The first-order chi connectivity index (χ1) is 67.9. The lowest BCUT2D eigenvalue weighted by Crippen LogP contribution is -2.32. The van der Waals surface area contributed by atoms with Gasteiger partial charge in [0.1, 0.15) is 52.9 Å². The van der Waals surface area contributed by atoms with Crippen LogP contribution in [0.1, 0.15) is 375 Å². The SMILES string of the molecule is CCC(C)(C)C(=O)OCCNC(=O)OC(C)C.CCC(C)C(=O)OCCNC(=O)OC(C)C.CCCCCCOC(=O)NCCOC(=O)C(C)(C)CC.CCCCCCOC(=O)NCCOC(=O)C(C)CC.CCCCCOC(=O)NCCOC(=O)C(C)(C)CC.CCCCCOC(=O)NCCOC(=O)C(C)CC.CCCCOC(=O)NCCOC(=O)C(C)(C)CC.CCCCOC(=O)NCCOC(=O)C(C)CC. The fourth-order valence-corrected chi connectivity index (χ4v) is 8.86. The Hall–Kier alpha value is -10.1. The maximum absolute atomic E-state index is 11.6. The van der Waals surface area contributed by atoms with Crippen molar-refractivity contribution in [1.82, 2.24) is 42.5 Å². The summed E-state index contributed by atoms with van der Waals surface area (Å²) in [5, 5.41) is 20.2. The Morgan fingerprint density at radius 2 is 0.340 bits per heavy atom. The first-order valence-corrected chi connectivity index (χ1v) is 52.6. The third-order valence-corrected chi connectivity index (χ3v) is 21.3. The minimum absolute atomic E-state index is 0.0912. The van der Waals surface area contributed by atoms with E-state index in [1.165, 1.54) is 0 Å². The molecule has 4 atom stereocenters. The van der Waals surface area contributed by atoms with E-state index in [0.717, 1.165) is 161 Å². The summed E-state index contributed by atoms with van der Waals surface area (Å²) >= 11 is 0. The number of amides is 8. The lowest BCUT2D eigenvalue weighted by molar-refractivity contribution is -0.154. The van der Waals surface area contributed by atoms with Gasteiger partial charge in [0.25, 0.3) is 0 Å². The highest BCUT2D eigenvalue weighted by atomic mass is 16.6. The number of carbonyl (C=O) groups is 16. The van der Waals surface area contributed by atoms with Crippen LogP contribution in [-0.2, 0) is 114 Å². The normalized spacial score (nSPS) is 11.4. The summed E-state index contributed by atoms with van der Waals surface area (Å²) in [4.78, 5) is 181. The molecule has 40 nitrogen and oxygen atoms in total. The molecule has 40 heteroatoms. The molecule has 0 aromatic carbocycles. The van der Waals surface area contributed by atoms with Gasteiger partial charge in [0.05, 0.1) is 150 Å². The quantitative estimate of drug-likeness (QED) is 0.0159. The van der Waals surface area contributed by atoms with Gasteiger partial charge in [-0.2, -0.15) is 0 Å². The van der Waals surface area contributed by atoms with Crippen LogP contribution in [0.4, 0.5) is 38.4 Å². The van der Waals surface area contributed by atoms with Crippen molar-refractivity contribution in [2.24, 2.45) is 45.3 Å². The highest BCUT2D eigenvalue weighted by Crippen LogP contribution is 2.24. The minimum atomic E-state index is -0.495. The second-order valence-electron chi connectivity index (χ2n) is 36.8. The number of unbranched alkanes of at least 4 members (excludes halogenated alkanes) is 12. The number of rotatable bonds is 66. The first-order valence-electron chi connectivity index (χ1n) is 52.6. The van der Waals surface area contributed by atoms with E-state index in [2.05, 4.69) is 70.2 Å². The molecule has 0 aromatic rings. The predicted molar refractivity (Wildman–Crippen MR) is 554 cm³/mol. The van der Waals surface area contributed by atoms with Crippen LogP contribution >= 0.6 is 0 Å². The van der Waals surface area contributed by atoms with Gasteiger partial charge in [0.15, 0.2) is 0 Å². The molecule has 8 N–H and O–H groups in total. The molecular formula is C104H200N8O32. The van der Waals surface area contributed by atoms with Gasteiger partial charge in [0.2, 0.25) is 0 Å². The van der Waals surface area contributed by atoms with E-state index in [-0.39, 0.29) is 189 Å². The Balaban J connectivity index is -0.000000245. The smallest absolute Gasteiger partial charge is 0.407 e. The highest BCUT2D eigenvalue weighted by Gasteiger charge is 2.31. The molecule has 144 heavy (non-hydrogen) atoms.